The molecule has 2 rings (SSSR count). The first-order chi connectivity index (χ1) is 9.58. The summed E-state index contributed by atoms with van der Waals surface area (Å²) in [4.78, 5) is 20.2. The number of piperidine rings is 1. The zero-order valence-electron chi connectivity index (χ0n) is 11.4. The third-order valence-corrected chi connectivity index (χ3v) is 3.92. The molecule has 20 heavy (non-hydrogen) atoms. The van der Waals surface area contributed by atoms with Gasteiger partial charge in [0.15, 0.2) is 0 Å². The Bertz CT molecular complexity index is 477. The van der Waals surface area contributed by atoms with Gasteiger partial charge >= 0.3 is 5.69 Å². The van der Waals surface area contributed by atoms with E-state index >= 15 is 0 Å². The zero-order valence-corrected chi connectivity index (χ0v) is 12.1. The van der Waals surface area contributed by atoms with Crippen LogP contribution in [-0.4, -0.2) is 46.5 Å². The molecule has 1 aliphatic rings. The summed E-state index contributed by atoms with van der Waals surface area (Å²) < 4.78 is 0. The summed E-state index contributed by atoms with van der Waals surface area (Å²) in [5.41, 5.74) is -0.252. The van der Waals surface area contributed by atoms with Gasteiger partial charge < -0.3 is 10.2 Å². The molecule has 1 aliphatic heterocycles. The Balaban J connectivity index is 1.88. The van der Waals surface area contributed by atoms with Crippen LogP contribution < -0.4 is 5.32 Å². The Kier molecular flexibility index (Phi) is 5.08. The van der Waals surface area contributed by atoms with Gasteiger partial charge in [-0.1, -0.05) is 11.6 Å². The van der Waals surface area contributed by atoms with Crippen LogP contribution in [0.5, 0.6) is 0 Å². The Morgan fingerprint density at radius 1 is 1.50 bits per heavy atom. The van der Waals surface area contributed by atoms with Crippen molar-refractivity contribution in [2.75, 3.05) is 32.0 Å². The van der Waals surface area contributed by atoms with Crippen LogP contribution in [0.1, 0.15) is 19.3 Å². The number of anilines is 1. The molecule has 0 radical (unpaired) electrons. The molecular formula is C12H18ClN5O2. The topological polar surface area (TPSA) is 84.2 Å². The lowest BCUT2D eigenvalue weighted by molar-refractivity contribution is -0.384. The van der Waals surface area contributed by atoms with Gasteiger partial charge in [-0.3, -0.25) is 10.1 Å². The fraction of sp³-hybridized carbons (Fsp3) is 0.667. The summed E-state index contributed by atoms with van der Waals surface area (Å²) in [5.74, 6) is 0.859. The van der Waals surface area contributed by atoms with Crippen molar-refractivity contribution < 1.29 is 4.92 Å². The number of likely N-dealkylation sites (tertiary alicyclic amines) is 1. The fourth-order valence-corrected chi connectivity index (χ4v) is 2.60. The Labute approximate surface area is 122 Å². The lowest BCUT2D eigenvalue weighted by atomic mass is 9.94. The van der Waals surface area contributed by atoms with E-state index in [1.807, 2.05) is 0 Å². The Hall–Kier alpha value is -1.47. The number of aromatic nitrogens is 2. The van der Waals surface area contributed by atoms with Crippen LogP contribution in [0.25, 0.3) is 0 Å². The number of nitrogens with zero attached hydrogens (tertiary/aromatic N) is 4. The predicted octanol–water partition coefficient (Wildman–Crippen LogP) is 2.18. The van der Waals surface area contributed by atoms with E-state index in [1.165, 1.54) is 19.2 Å². The second-order valence-electron chi connectivity index (χ2n) is 5.08. The minimum absolute atomic E-state index is 0.133. The molecule has 1 N–H and O–H groups in total. The first-order valence-corrected chi connectivity index (χ1v) is 7.03. The first kappa shape index (κ1) is 14.9. The number of rotatable bonds is 5. The van der Waals surface area contributed by atoms with Gasteiger partial charge in [0, 0.05) is 6.54 Å². The van der Waals surface area contributed by atoms with E-state index in [9.17, 15) is 10.1 Å². The molecule has 0 aliphatic carbocycles. The predicted molar refractivity (Wildman–Crippen MR) is 77.0 cm³/mol. The summed E-state index contributed by atoms with van der Waals surface area (Å²) >= 11 is 5.73. The summed E-state index contributed by atoms with van der Waals surface area (Å²) in [7, 11) is 2.13. The van der Waals surface area contributed by atoms with Gasteiger partial charge in [-0.05, 0) is 45.3 Å². The van der Waals surface area contributed by atoms with Crippen LogP contribution in [0, 0.1) is 16.0 Å². The molecule has 0 unspecified atom stereocenters. The van der Waals surface area contributed by atoms with Gasteiger partial charge in [-0.2, -0.15) is 0 Å². The molecular weight excluding hydrogens is 282 g/mol. The third-order valence-electron chi connectivity index (χ3n) is 3.64. The maximum absolute atomic E-state index is 10.9. The van der Waals surface area contributed by atoms with E-state index in [0.29, 0.717) is 12.5 Å². The van der Waals surface area contributed by atoms with Gasteiger partial charge in [0.25, 0.3) is 0 Å². The molecule has 0 aromatic carbocycles. The molecule has 1 aromatic rings. The summed E-state index contributed by atoms with van der Waals surface area (Å²) in [5, 5.41) is 13.8. The molecule has 8 heteroatoms. The minimum Gasteiger partial charge on any atom is -0.364 e. The second kappa shape index (κ2) is 6.81. The molecule has 0 saturated carbocycles. The standard InChI is InChI=1S/C12H18ClN5O2/c1-17-6-3-9(4-7-17)2-5-14-12-10(18(19)20)11(13)15-8-16-12/h8-9H,2-7H2,1H3,(H,14,15,16). The molecule has 1 saturated heterocycles. The lowest BCUT2D eigenvalue weighted by Gasteiger charge is -2.28. The molecule has 110 valence electrons. The molecule has 0 atom stereocenters. The van der Waals surface area contributed by atoms with Crippen molar-refractivity contribution in [3.63, 3.8) is 0 Å². The summed E-state index contributed by atoms with van der Waals surface area (Å²) in [6.45, 7) is 2.89. The Morgan fingerprint density at radius 2 is 2.20 bits per heavy atom. The highest BCUT2D eigenvalue weighted by Crippen LogP contribution is 2.28. The molecule has 2 heterocycles. The van der Waals surface area contributed by atoms with Gasteiger partial charge in [-0.15, -0.1) is 0 Å². The van der Waals surface area contributed by atoms with E-state index in [-0.39, 0.29) is 16.7 Å². The van der Waals surface area contributed by atoms with Crippen molar-refractivity contribution in [3.8, 4) is 0 Å². The smallest absolute Gasteiger partial charge is 0.348 e. The molecule has 1 aromatic heterocycles. The van der Waals surface area contributed by atoms with Crippen molar-refractivity contribution in [2.45, 2.75) is 19.3 Å². The van der Waals surface area contributed by atoms with Gasteiger partial charge in [0.1, 0.15) is 6.33 Å². The SMILES string of the molecule is CN1CCC(CCNc2ncnc(Cl)c2[N+](=O)[O-])CC1. The number of nitro groups is 1. The normalized spacial score (nSPS) is 17.1. The summed E-state index contributed by atoms with van der Waals surface area (Å²) in [6.07, 6.45) is 4.55. The number of halogens is 1. The zero-order chi connectivity index (χ0) is 14.5. The molecule has 0 bridgehead atoms. The van der Waals surface area contributed by atoms with Crippen molar-refractivity contribution in [3.05, 3.63) is 21.6 Å². The maximum Gasteiger partial charge on any atom is 0.348 e. The average Bonchev–Trinajstić information content (AvgIpc) is 2.40. The van der Waals surface area contributed by atoms with E-state index in [1.54, 1.807) is 0 Å². The van der Waals surface area contributed by atoms with Crippen LogP contribution in [-0.2, 0) is 0 Å². The first-order valence-electron chi connectivity index (χ1n) is 6.65. The van der Waals surface area contributed by atoms with E-state index < -0.39 is 4.92 Å². The van der Waals surface area contributed by atoms with Crippen LogP contribution >= 0.6 is 11.6 Å². The Morgan fingerprint density at radius 3 is 2.85 bits per heavy atom. The van der Waals surface area contributed by atoms with Crippen LogP contribution in [0.3, 0.4) is 0 Å². The lowest BCUT2D eigenvalue weighted by Crippen LogP contribution is -2.30. The number of hydrogen-bond acceptors (Lipinski definition) is 6. The molecule has 0 spiro atoms. The maximum atomic E-state index is 10.9. The van der Waals surface area contributed by atoms with E-state index in [2.05, 4.69) is 27.2 Å². The molecule has 0 amide bonds. The number of nitrogens with one attached hydrogen (secondary N) is 1. The highest BCUT2D eigenvalue weighted by atomic mass is 35.5. The fourth-order valence-electron chi connectivity index (χ4n) is 2.39. The second-order valence-corrected chi connectivity index (χ2v) is 5.44. The highest BCUT2D eigenvalue weighted by Gasteiger charge is 2.22. The van der Waals surface area contributed by atoms with Crippen LogP contribution in [0.15, 0.2) is 6.33 Å². The van der Waals surface area contributed by atoms with E-state index in [0.717, 1.165) is 19.5 Å². The van der Waals surface area contributed by atoms with Crippen molar-refractivity contribution >= 4 is 23.1 Å². The van der Waals surface area contributed by atoms with Crippen molar-refractivity contribution in [2.24, 2.45) is 5.92 Å². The molecule has 7 nitrogen and oxygen atoms in total. The average molecular weight is 300 g/mol. The third kappa shape index (κ3) is 3.77. The monoisotopic (exact) mass is 299 g/mol. The summed E-state index contributed by atoms with van der Waals surface area (Å²) in [6, 6.07) is 0. The van der Waals surface area contributed by atoms with E-state index in [4.69, 9.17) is 11.6 Å². The van der Waals surface area contributed by atoms with Crippen molar-refractivity contribution in [1.29, 1.82) is 0 Å². The van der Waals surface area contributed by atoms with Crippen LogP contribution in [0.4, 0.5) is 11.5 Å². The quantitative estimate of drug-likeness (QED) is 0.509. The minimum atomic E-state index is -0.555. The highest BCUT2D eigenvalue weighted by molar-refractivity contribution is 6.31. The van der Waals surface area contributed by atoms with Crippen LogP contribution in [0.2, 0.25) is 5.15 Å². The van der Waals surface area contributed by atoms with Gasteiger partial charge in [0.05, 0.1) is 4.92 Å². The largest absolute Gasteiger partial charge is 0.364 e. The van der Waals surface area contributed by atoms with Crippen molar-refractivity contribution in [1.82, 2.24) is 14.9 Å². The van der Waals surface area contributed by atoms with Gasteiger partial charge in [-0.25, -0.2) is 9.97 Å². The molecule has 1 fully saturated rings. The number of hydrogen-bond donors (Lipinski definition) is 1. The van der Waals surface area contributed by atoms with Gasteiger partial charge in [0.2, 0.25) is 11.0 Å².